The van der Waals surface area contributed by atoms with Crippen LogP contribution in [0.2, 0.25) is 0 Å². The van der Waals surface area contributed by atoms with Gasteiger partial charge in [-0.3, -0.25) is 9.11 Å². The van der Waals surface area contributed by atoms with Crippen LogP contribution in [0.1, 0.15) is 0 Å². The van der Waals surface area contributed by atoms with Crippen LogP contribution in [-0.4, -0.2) is 40.2 Å². The topological polar surface area (TPSA) is 275 Å². The first-order chi connectivity index (χ1) is 24.6. The van der Waals surface area contributed by atoms with Crippen molar-refractivity contribution in [3.8, 4) is 34.1 Å². The summed E-state index contributed by atoms with van der Waals surface area (Å²) in [6, 6.07) is 20.1. The molecule has 0 bridgehead atoms. The quantitative estimate of drug-likeness (QED) is 0.0668. The summed E-state index contributed by atoms with van der Waals surface area (Å²) < 4.78 is 79.3. The zero-order chi connectivity index (χ0) is 37.5. The Hall–Kier alpha value is -4.34. The van der Waals surface area contributed by atoms with Crippen molar-refractivity contribution in [3.63, 3.8) is 0 Å². The van der Waals surface area contributed by atoms with Gasteiger partial charge in [0.15, 0.2) is 0 Å². The Morgan fingerprint density at radius 1 is 0.556 bits per heavy atom. The first kappa shape index (κ1) is 42.4. The molecule has 0 saturated carbocycles. The molecule has 16 nitrogen and oxygen atoms in total. The van der Waals surface area contributed by atoms with Gasteiger partial charge >= 0.3 is 59.1 Å². The average molecular weight is 789 g/mol. The summed E-state index contributed by atoms with van der Waals surface area (Å²) in [5, 5.41) is 42.9. The molecule has 0 atom stereocenters. The van der Waals surface area contributed by atoms with E-state index in [-0.39, 0.29) is 115 Å². The molecule has 0 aliphatic rings. The second kappa shape index (κ2) is 16.6. The van der Waals surface area contributed by atoms with Gasteiger partial charge < -0.3 is 31.2 Å². The number of hydrogen-bond donors (Lipinski definition) is 4. The molecule has 0 aromatic heterocycles. The molecule has 0 fully saturated rings. The van der Waals surface area contributed by atoms with Gasteiger partial charge in [-0.15, -0.1) is 20.5 Å². The smallest absolute Gasteiger partial charge is 0.871 e. The molecule has 6 aromatic carbocycles. The molecular weight excluding hydrogens is 763 g/mol. The van der Waals surface area contributed by atoms with Crippen LogP contribution < -0.4 is 90.3 Å². The molecule has 6 aromatic rings. The molecule has 54 heavy (non-hydrogen) atoms. The Morgan fingerprint density at radius 2 is 1.00 bits per heavy atom. The van der Waals surface area contributed by atoms with E-state index in [2.05, 4.69) is 20.5 Å². The fraction of sp³-hybridized carbons (Fsp3) is 0.0588. The standard InChI is InChI=1S/C34H28N6O10S2.2Na/c1-49-27-12-17(4-9-25(27)37-39-31-30(52(46,47)48)15-20-11-21(35)7-8-23(20)33(31)41)18-5-10-26(28(13-18)50-2)38-40-32-29(51(43,44)45)14-19-3-6-22(36)16-24(19)34(32)42;;/h3-16,41-42H,35-36H2,1-2H3,(H,43,44,45)(H,46,47,48);;/q;2*+1/p-2. The number of nitrogen functional groups attached to an aromatic ring is 2. The van der Waals surface area contributed by atoms with Gasteiger partial charge in [0.1, 0.15) is 32.7 Å². The van der Waals surface area contributed by atoms with Gasteiger partial charge in [0.05, 0.1) is 25.6 Å². The molecular formula is C34H26N6Na2O10S2. The SMILES string of the molecule is COc1cc(-c2ccc(N=Nc3c(S(=O)(=O)O)cc4ccc(N)cc4c3[O-])c(OC)c2)ccc1N=Nc1c(S(=O)(=O)O)cc2cc(N)ccc2c1[O-].[Na+].[Na+]. The summed E-state index contributed by atoms with van der Waals surface area (Å²) in [4.78, 5) is -1.48. The van der Waals surface area contributed by atoms with Gasteiger partial charge in [-0.2, -0.15) is 16.8 Å². The van der Waals surface area contributed by atoms with Gasteiger partial charge in [0.2, 0.25) is 0 Å². The van der Waals surface area contributed by atoms with Gasteiger partial charge in [0, 0.05) is 11.4 Å². The Morgan fingerprint density at radius 3 is 1.48 bits per heavy atom. The molecule has 0 heterocycles. The maximum atomic E-state index is 13.2. The minimum absolute atomic E-state index is 0. The molecule has 6 N–H and O–H groups in total. The molecule has 0 unspecified atom stereocenters. The largest absolute Gasteiger partial charge is 1.00 e. The van der Waals surface area contributed by atoms with E-state index in [1.807, 2.05) is 0 Å². The minimum atomic E-state index is -4.88. The van der Waals surface area contributed by atoms with Crippen LogP contribution in [0.3, 0.4) is 0 Å². The van der Waals surface area contributed by atoms with E-state index in [9.17, 15) is 36.2 Å². The monoisotopic (exact) mass is 788 g/mol. The molecule has 0 aliphatic carbocycles. The van der Waals surface area contributed by atoms with Crippen molar-refractivity contribution in [2.75, 3.05) is 25.7 Å². The Kier molecular flexibility index (Phi) is 13.0. The van der Waals surface area contributed by atoms with Crippen LogP contribution in [0, 0.1) is 0 Å². The molecule has 266 valence electrons. The van der Waals surface area contributed by atoms with Crippen LogP contribution in [0.5, 0.6) is 23.0 Å². The Balaban J connectivity index is 0.00000325. The Bertz CT molecular complexity index is 2730. The third-order valence-corrected chi connectivity index (χ3v) is 9.61. The predicted octanol–water partition coefficient (Wildman–Crippen LogP) is 0.321. The first-order valence-corrected chi connectivity index (χ1v) is 17.7. The van der Waals surface area contributed by atoms with Crippen LogP contribution in [0.25, 0.3) is 32.7 Å². The maximum absolute atomic E-state index is 13.2. The van der Waals surface area contributed by atoms with Crippen LogP contribution in [0.15, 0.2) is 115 Å². The predicted molar refractivity (Wildman–Crippen MR) is 189 cm³/mol. The Labute approximate surface area is 352 Å². The van der Waals surface area contributed by atoms with Crippen molar-refractivity contribution < 1.29 is 105 Å². The van der Waals surface area contributed by atoms with E-state index in [0.29, 0.717) is 11.1 Å². The number of rotatable bonds is 9. The summed E-state index contributed by atoms with van der Waals surface area (Å²) >= 11 is 0. The molecule has 0 spiro atoms. The van der Waals surface area contributed by atoms with Gasteiger partial charge in [-0.25, -0.2) is 0 Å². The third kappa shape index (κ3) is 8.63. The number of methoxy groups -OCH3 is 2. The number of ether oxygens (including phenoxy) is 2. The van der Waals surface area contributed by atoms with Gasteiger partial charge in [-0.05, 0) is 93.3 Å². The number of benzene rings is 6. The van der Waals surface area contributed by atoms with Crippen molar-refractivity contribution in [1.29, 1.82) is 0 Å². The minimum Gasteiger partial charge on any atom is -0.871 e. The number of hydrogen-bond acceptors (Lipinski definition) is 14. The van der Waals surface area contributed by atoms with Crippen molar-refractivity contribution in [2.24, 2.45) is 20.5 Å². The number of nitrogens with zero attached hydrogens (tertiary/aromatic N) is 4. The van der Waals surface area contributed by atoms with E-state index in [1.165, 1.54) is 62.8 Å². The summed E-state index contributed by atoms with van der Waals surface area (Å²) in [6.45, 7) is 0. The van der Waals surface area contributed by atoms with Crippen molar-refractivity contribution in [1.82, 2.24) is 0 Å². The first-order valence-electron chi connectivity index (χ1n) is 14.8. The van der Waals surface area contributed by atoms with Crippen LogP contribution >= 0.6 is 0 Å². The fourth-order valence-corrected chi connectivity index (χ4v) is 6.68. The third-order valence-electron chi connectivity index (χ3n) is 7.88. The zero-order valence-corrected chi connectivity index (χ0v) is 34.6. The second-order valence-electron chi connectivity index (χ2n) is 11.2. The van der Waals surface area contributed by atoms with Crippen molar-refractivity contribution >= 4 is 75.9 Å². The molecule has 0 aliphatic heterocycles. The fourth-order valence-electron chi connectivity index (χ4n) is 5.37. The molecule has 0 amide bonds. The zero-order valence-electron chi connectivity index (χ0n) is 29.0. The summed E-state index contributed by atoms with van der Waals surface area (Å²) in [5.41, 5.74) is 12.3. The number of nitrogens with two attached hydrogens (primary N) is 2. The van der Waals surface area contributed by atoms with Crippen molar-refractivity contribution in [2.45, 2.75) is 9.79 Å². The summed E-state index contributed by atoms with van der Waals surface area (Å²) in [5.74, 6) is -1.25. The molecule has 6 rings (SSSR count). The molecule has 20 heteroatoms. The van der Waals surface area contributed by atoms with E-state index >= 15 is 0 Å². The summed E-state index contributed by atoms with van der Waals surface area (Å²) in [6.07, 6.45) is 0. The van der Waals surface area contributed by atoms with Crippen LogP contribution in [0.4, 0.5) is 34.1 Å². The van der Waals surface area contributed by atoms with Gasteiger partial charge in [-0.1, -0.05) is 35.8 Å². The summed E-state index contributed by atoms with van der Waals surface area (Å²) in [7, 11) is -7.04. The maximum Gasteiger partial charge on any atom is 1.00 e. The molecule has 0 saturated heterocycles. The normalized spacial score (nSPS) is 11.9. The van der Waals surface area contributed by atoms with E-state index < -0.39 is 52.9 Å². The number of azo groups is 2. The second-order valence-corrected chi connectivity index (χ2v) is 14.0. The number of fused-ring (bicyclic) bond motifs is 2. The van der Waals surface area contributed by atoms with Crippen molar-refractivity contribution in [3.05, 3.63) is 84.9 Å². The van der Waals surface area contributed by atoms with Gasteiger partial charge in [0.25, 0.3) is 20.2 Å². The average Bonchev–Trinajstić information content (AvgIpc) is 3.09. The van der Waals surface area contributed by atoms with E-state index in [0.717, 1.165) is 12.1 Å². The number of anilines is 2. The van der Waals surface area contributed by atoms with E-state index in [1.54, 1.807) is 24.3 Å². The van der Waals surface area contributed by atoms with Crippen LogP contribution in [-0.2, 0) is 20.2 Å². The molecule has 0 radical (unpaired) electrons. The van der Waals surface area contributed by atoms with E-state index in [4.69, 9.17) is 20.9 Å².